The Morgan fingerprint density at radius 1 is 1.12 bits per heavy atom. The van der Waals surface area contributed by atoms with Crippen molar-refractivity contribution < 1.29 is 19.4 Å². The minimum atomic E-state index is -1.00. The van der Waals surface area contributed by atoms with Crippen LogP contribution in [0.1, 0.15) is 23.7 Å². The quantitative estimate of drug-likeness (QED) is 0.710. The number of carbonyl (C=O) groups is 2. The lowest BCUT2D eigenvalue weighted by molar-refractivity contribution is -0.113. The Labute approximate surface area is 145 Å². The SMILES string of the molecule is CCCOc1ccccc1NC(=O)CSc1ccccc1C(=O)O. The van der Waals surface area contributed by atoms with Crippen molar-refractivity contribution in [3.8, 4) is 5.75 Å². The zero-order valence-electron chi connectivity index (χ0n) is 13.3. The molecular formula is C18H19NO4S. The number of para-hydroxylation sites is 2. The van der Waals surface area contributed by atoms with Gasteiger partial charge in [-0.1, -0.05) is 31.2 Å². The molecule has 0 bridgehead atoms. The summed E-state index contributed by atoms with van der Waals surface area (Å²) in [5.74, 6) is -0.472. The summed E-state index contributed by atoms with van der Waals surface area (Å²) in [5.41, 5.74) is 0.810. The van der Waals surface area contributed by atoms with Crippen LogP contribution in [0.25, 0.3) is 0 Å². The Morgan fingerprint density at radius 2 is 1.83 bits per heavy atom. The van der Waals surface area contributed by atoms with Gasteiger partial charge >= 0.3 is 5.97 Å². The highest BCUT2D eigenvalue weighted by Crippen LogP contribution is 2.26. The molecule has 2 rings (SSSR count). The standard InChI is InChI=1S/C18H19NO4S/c1-2-11-23-15-9-5-4-8-14(15)19-17(20)12-24-16-10-6-3-7-13(16)18(21)22/h3-10H,2,11-12H2,1H3,(H,19,20)(H,21,22). The third kappa shape index (κ3) is 5.03. The first-order chi connectivity index (χ1) is 11.6. The highest BCUT2D eigenvalue weighted by Gasteiger charge is 2.12. The Bertz CT molecular complexity index is 718. The predicted molar refractivity (Wildman–Crippen MR) is 95.0 cm³/mol. The molecule has 0 aliphatic heterocycles. The van der Waals surface area contributed by atoms with E-state index >= 15 is 0 Å². The number of carbonyl (C=O) groups excluding carboxylic acids is 1. The lowest BCUT2D eigenvalue weighted by atomic mass is 10.2. The Hall–Kier alpha value is -2.47. The summed E-state index contributed by atoms with van der Waals surface area (Å²) in [6.45, 7) is 2.59. The van der Waals surface area contributed by atoms with E-state index in [1.165, 1.54) is 17.8 Å². The Kier molecular flexibility index (Phi) is 6.69. The van der Waals surface area contributed by atoms with E-state index in [2.05, 4.69) is 5.32 Å². The minimum absolute atomic E-state index is 0.117. The molecule has 2 aromatic carbocycles. The number of rotatable bonds is 8. The molecular weight excluding hydrogens is 326 g/mol. The Morgan fingerprint density at radius 3 is 2.58 bits per heavy atom. The Balaban J connectivity index is 1.98. The van der Waals surface area contributed by atoms with E-state index in [1.807, 2.05) is 19.1 Å². The number of ether oxygens (including phenoxy) is 1. The van der Waals surface area contributed by atoms with Crippen molar-refractivity contribution in [1.82, 2.24) is 0 Å². The average molecular weight is 345 g/mol. The molecule has 24 heavy (non-hydrogen) atoms. The number of thioether (sulfide) groups is 1. The number of hydrogen-bond donors (Lipinski definition) is 2. The molecule has 1 amide bonds. The van der Waals surface area contributed by atoms with Crippen molar-refractivity contribution in [2.45, 2.75) is 18.2 Å². The fourth-order valence-electron chi connectivity index (χ4n) is 2.01. The van der Waals surface area contributed by atoms with Gasteiger partial charge in [-0.3, -0.25) is 4.79 Å². The summed E-state index contributed by atoms with van der Waals surface area (Å²) < 4.78 is 5.60. The van der Waals surface area contributed by atoms with Gasteiger partial charge in [0, 0.05) is 4.90 Å². The zero-order chi connectivity index (χ0) is 17.4. The highest BCUT2D eigenvalue weighted by molar-refractivity contribution is 8.00. The maximum Gasteiger partial charge on any atom is 0.336 e. The third-order valence-corrected chi connectivity index (χ3v) is 4.17. The number of carboxylic acid groups (broad SMARTS) is 1. The molecule has 0 aliphatic rings. The zero-order valence-corrected chi connectivity index (χ0v) is 14.1. The van der Waals surface area contributed by atoms with E-state index in [0.717, 1.165) is 6.42 Å². The second kappa shape index (κ2) is 8.98. The third-order valence-electron chi connectivity index (χ3n) is 3.10. The van der Waals surface area contributed by atoms with Crippen molar-refractivity contribution in [2.24, 2.45) is 0 Å². The first kappa shape index (κ1) is 17.9. The summed E-state index contributed by atoms with van der Waals surface area (Å²) in [6.07, 6.45) is 0.879. The largest absolute Gasteiger partial charge is 0.491 e. The molecule has 0 radical (unpaired) electrons. The molecule has 2 aromatic rings. The summed E-state index contributed by atoms with van der Waals surface area (Å²) in [4.78, 5) is 23.9. The summed E-state index contributed by atoms with van der Waals surface area (Å²) in [7, 11) is 0. The second-order valence-electron chi connectivity index (χ2n) is 4.98. The van der Waals surface area contributed by atoms with Crippen LogP contribution in [0, 0.1) is 0 Å². The molecule has 0 atom stereocenters. The van der Waals surface area contributed by atoms with Crippen molar-refractivity contribution in [3.05, 3.63) is 54.1 Å². The van der Waals surface area contributed by atoms with E-state index < -0.39 is 5.97 Å². The van der Waals surface area contributed by atoms with Crippen LogP contribution < -0.4 is 10.1 Å². The smallest absolute Gasteiger partial charge is 0.336 e. The fourth-order valence-corrected chi connectivity index (χ4v) is 2.85. The van der Waals surface area contributed by atoms with Crippen LogP contribution in [0.4, 0.5) is 5.69 Å². The van der Waals surface area contributed by atoms with Crippen LogP contribution in [-0.4, -0.2) is 29.3 Å². The number of benzene rings is 2. The topological polar surface area (TPSA) is 75.6 Å². The summed E-state index contributed by atoms with van der Waals surface area (Å²) in [6, 6.07) is 13.9. The van der Waals surface area contributed by atoms with Gasteiger partial charge in [-0.05, 0) is 30.7 Å². The van der Waals surface area contributed by atoms with Crippen LogP contribution in [0.2, 0.25) is 0 Å². The summed E-state index contributed by atoms with van der Waals surface area (Å²) >= 11 is 1.19. The normalized spacial score (nSPS) is 10.2. The number of anilines is 1. The van der Waals surface area contributed by atoms with E-state index in [4.69, 9.17) is 9.84 Å². The van der Waals surface area contributed by atoms with Gasteiger partial charge in [-0.25, -0.2) is 4.79 Å². The van der Waals surface area contributed by atoms with E-state index in [0.29, 0.717) is 22.9 Å². The monoisotopic (exact) mass is 345 g/mol. The van der Waals surface area contributed by atoms with Crippen LogP contribution in [0.15, 0.2) is 53.4 Å². The van der Waals surface area contributed by atoms with Crippen molar-refractivity contribution in [1.29, 1.82) is 0 Å². The molecule has 0 aromatic heterocycles. The summed E-state index contributed by atoms with van der Waals surface area (Å²) in [5, 5.41) is 12.0. The molecule has 5 nitrogen and oxygen atoms in total. The molecule has 0 aliphatic carbocycles. The molecule has 0 spiro atoms. The van der Waals surface area contributed by atoms with Gasteiger partial charge in [0.15, 0.2) is 0 Å². The first-order valence-electron chi connectivity index (χ1n) is 7.58. The lowest BCUT2D eigenvalue weighted by Crippen LogP contribution is -2.15. The van der Waals surface area contributed by atoms with Crippen molar-refractivity contribution >= 4 is 29.3 Å². The molecule has 126 valence electrons. The molecule has 0 heterocycles. The molecule has 0 saturated carbocycles. The number of carboxylic acids is 1. The van der Waals surface area contributed by atoms with Gasteiger partial charge in [-0.15, -0.1) is 11.8 Å². The van der Waals surface area contributed by atoms with Crippen LogP contribution in [-0.2, 0) is 4.79 Å². The molecule has 0 saturated heterocycles. The lowest BCUT2D eigenvalue weighted by Gasteiger charge is -2.12. The fraction of sp³-hybridized carbons (Fsp3) is 0.222. The van der Waals surface area contributed by atoms with Gasteiger partial charge in [-0.2, -0.15) is 0 Å². The van der Waals surface area contributed by atoms with Crippen LogP contribution >= 0.6 is 11.8 Å². The molecule has 2 N–H and O–H groups in total. The number of hydrogen-bond acceptors (Lipinski definition) is 4. The van der Waals surface area contributed by atoms with Crippen molar-refractivity contribution in [3.63, 3.8) is 0 Å². The molecule has 6 heteroatoms. The maximum atomic E-state index is 12.2. The van der Waals surface area contributed by atoms with Crippen LogP contribution in [0.3, 0.4) is 0 Å². The van der Waals surface area contributed by atoms with Crippen molar-refractivity contribution in [2.75, 3.05) is 17.7 Å². The van der Waals surface area contributed by atoms with E-state index in [9.17, 15) is 9.59 Å². The van der Waals surface area contributed by atoms with Gasteiger partial charge in [0.25, 0.3) is 0 Å². The van der Waals surface area contributed by atoms with Gasteiger partial charge in [0.1, 0.15) is 5.75 Å². The maximum absolute atomic E-state index is 12.2. The first-order valence-corrected chi connectivity index (χ1v) is 8.57. The van der Waals surface area contributed by atoms with Gasteiger partial charge in [0.05, 0.1) is 23.6 Å². The highest BCUT2D eigenvalue weighted by atomic mass is 32.2. The van der Waals surface area contributed by atoms with Gasteiger partial charge < -0.3 is 15.2 Å². The van der Waals surface area contributed by atoms with Gasteiger partial charge in [0.2, 0.25) is 5.91 Å². The molecule has 0 unspecified atom stereocenters. The second-order valence-corrected chi connectivity index (χ2v) is 6.00. The number of amides is 1. The number of aromatic carboxylic acids is 1. The van der Waals surface area contributed by atoms with E-state index in [1.54, 1.807) is 30.3 Å². The van der Waals surface area contributed by atoms with Crippen LogP contribution in [0.5, 0.6) is 5.75 Å². The minimum Gasteiger partial charge on any atom is -0.491 e. The van der Waals surface area contributed by atoms with E-state index in [-0.39, 0.29) is 17.2 Å². The number of nitrogens with one attached hydrogen (secondary N) is 1. The molecule has 0 fully saturated rings. The predicted octanol–water partition coefficient (Wildman–Crippen LogP) is 3.90. The average Bonchev–Trinajstić information content (AvgIpc) is 2.59.